The zero-order valence-electron chi connectivity index (χ0n) is 35.0. The Morgan fingerprint density at radius 3 is 2.26 bits per heavy atom. The second-order valence-corrected chi connectivity index (χ2v) is 16.9. The van der Waals surface area contributed by atoms with Gasteiger partial charge in [-0.25, -0.2) is 14.4 Å². The summed E-state index contributed by atoms with van der Waals surface area (Å²) in [4.78, 5) is 40.1. The van der Waals surface area contributed by atoms with E-state index in [2.05, 4.69) is 29.0 Å². The normalized spacial score (nSPS) is 17.2. The highest BCUT2D eigenvalue weighted by Gasteiger charge is 2.35. The number of benzene rings is 2. The van der Waals surface area contributed by atoms with E-state index in [9.17, 15) is 9.59 Å². The summed E-state index contributed by atoms with van der Waals surface area (Å²) < 4.78 is 24.8. The molecule has 2 aromatic carbocycles. The fourth-order valence-corrected chi connectivity index (χ4v) is 9.58. The molecule has 2 aliphatic heterocycles. The van der Waals surface area contributed by atoms with Gasteiger partial charge in [0.25, 0.3) is 5.91 Å². The van der Waals surface area contributed by atoms with Crippen LogP contribution in [0.15, 0.2) is 36.4 Å². The monoisotopic (exact) mass is 777 g/mol. The van der Waals surface area contributed by atoms with Crippen LogP contribution in [-0.2, 0) is 49.6 Å². The summed E-state index contributed by atoms with van der Waals surface area (Å²) in [6.07, 6.45) is 11.9. The van der Waals surface area contributed by atoms with Crippen LogP contribution in [0, 0.1) is 19.3 Å². The van der Waals surface area contributed by atoms with Gasteiger partial charge in [-0.2, -0.15) is 0 Å². The van der Waals surface area contributed by atoms with E-state index in [1.807, 2.05) is 73.5 Å². The van der Waals surface area contributed by atoms with Crippen molar-refractivity contribution in [2.45, 2.75) is 111 Å². The number of nitrogens with one attached hydrogen (secondary N) is 1. The summed E-state index contributed by atoms with van der Waals surface area (Å²) >= 11 is 0. The van der Waals surface area contributed by atoms with Gasteiger partial charge in [0.2, 0.25) is 0 Å². The third-order valence-electron chi connectivity index (χ3n) is 13.2. The van der Waals surface area contributed by atoms with E-state index in [1.54, 1.807) is 6.08 Å². The molecule has 7 rings (SSSR count). The molecule has 0 bridgehead atoms. The quantitative estimate of drug-likeness (QED) is 0.136. The number of amides is 1. The lowest BCUT2D eigenvalue weighted by atomic mass is 9.78. The minimum Gasteiger partial charge on any atom is -0.469 e. The Morgan fingerprint density at radius 2 is 1.54 bits per heavy atom. The largest absolute Gasteiger partial charge is 0.469 e. The Kier molecular flexibility index (Phi) is 12.2. The van der Waals surface area contributed by atoms with Gasteiger partial charge in [-0.3, -0.25) is 19.4 Å². The molecule has 2 aromatic heterocycles. The van der Waals surface area contributed by atoms with Gasteiger partial charge in [0.05, 0.1) is 18.5 Å². The van der Waals surface area contributed by atoms with E-state index in [4.69, 9.17) is 14.7 Å². The zero-order valence-corrected chi connectivity index (χ0v) is 35.0. The van der Waals surface area contributed by atoms with Crippen LogP contribution < -0.4 is 5.32 Å². The number of nitrogens with zero attached hydrogens (tertiary/aromatic N) is 6. The molecular formula is C46H60FN7O3. The molecule has 1 N–H and O–H groups in total. The lowest BCUT2D eigenvalue weighted by Gasteiger charge is -2.33. The molecular weight excluding hydrogens is 718 g/mol. The Bertz CT molecular complexity index is 2160. The van der Waals surface area contributed by atoms with E-state index < -0.39 is 0 Å². The molecule has 304 valence electrons. The second-order valence-electron chi connectivity index (χ2n) is 16.9. The molecule has 10 nitrogen and oxygen atoms in total. The van der Waals surface area contributed by atoms with Gasteiger partial charge in [0.1, 0.15) is 0 Å². The number of rotatable bonds is 13. The highest BCUT2D eigenvalue weighted by Crippen LogP contribution is 2.45. The zero-order chi connectivity index (χ0) is 40.4. The summed E-state index contributed by atoms with van der Waals surface area (Å²) in [6, 6.07) is 12.3. The van der Waals surface area contributed by atoms with Crippen LogP contribution >= 0.6 is 0 Å². The van der Waals surface area contributed by atoms with E-state index >= 15 is 4.39 Å². The van der Waals surface area contributed by atoms with Gasteiger partial charge in [-0.15, -0.1) is 0 Å². The number of imidazole rings is 2. The number of hydrogen-bond acceptors (Lipinski definition) is 7. The van der Waals surface area contributed by atoms with Crippen molar-refractivity contribution in [2.24, 2.45) is 19.5 Å². The van der Waals surface area contributed by atoms with Crippen LogP contribution in [0.3, 0.4) is 0 Å². The lowest BCUT2D eigenvalue weighted by molar-refractivity contribution is -0.140. The number of aromatic nitrogens is 4. The molecule has 1 amide bonds. The first-order valence-electron chi connectivity index (χ1n) is 20.9. The highest BCUT2D eigenvalue weighted by molar-refractivity contribution is 6.03. The van der Waals surface area contributed by atoms with E-state index in [-0.39, 0.29) is 17.7 Å². The van der Waals surface area contributed by atoms with Gasteiger partial charge >= 0.3 is 5.97 Å². The van der Waals surface area contributed by atoms with Gasteiger partial charge in [-0.05, 0) is 112 Å². The van der Waals surface area contributed by atoms with Gasteiger partial charge in [0.15, 0.2) is 17.5 Å². The fourth-order valence-electron chi connectivity index (χ4n) is 9.58. The van der Waals surface area contributed by atoms with Gasteiger partial charge < -0.3 is 19.2 Å². The number of fused-ring (bicyclic) bond motifs is 2. The average molecular weight is 778 g/mol. The first-order valence-corrected chi connectivity index (χ1v) is 20.9. The van der Waals surface area contributed by atoms with Crippen molar-refractivity contribution in [2.75, 3.05) is 32.1 Å². The van der Waals surface area contributed by atoms with E-state index in [0.717, 1.165) is 121 Å². The Hall–Kier alpha value is -4.61. The van der Waals surface area contributed by atoms with Crippen LogP contribution in [0.5, 0.6) is 0 Å². The topological polar surface area (TPSA) is 97.5 Å². The van der Waals surface area contributed by atoms with Crippen molar-refractivity contribution >= 4 is 29.5 Å². The Morgan fingerprint density at radius 1 is 0.895 bits per heavy atom. The highest BCUT2D eigenvalue weighted by atomic mass is 19.1. The predicted molar refractivity (Wildman–Crippen MR) is 224 cm³/mol. The molecule has 0 saturated heterocycles. The maximum absolute atomic E-state index is 16.0. The van der Waals surface area contributed by atoms with Crippen LogP contribution in [0.4, 0.5) is 10.1 Å². The molecule has 1 fully saturated rings. The van der Waals surface area contributed by atoms with Crippen LogP contribution in [0.2, 0.25) is 0 Å². The Balaban J connectivity index is 1.03. The fraction of sp³-hybridized carbons (Fsp3) is 0.522. The number of carbonyl (C=O) groups excluding carboxylic acids is 2. The van der Waals surface area contributed by atoms with Crippen molar-refractivity contribution < 1.29 is 18.7 Å². The number of esters is 1. The smallest absolute Gasteiger partial charge is 0.305 e. The lowest BCUT2D eigenvalue weighted by Crippen LogP contribution is -2.36. The first kappa shape index (κ1) is 40.6. The second kappa shape index (κ2) is 17.1. The van der Waals surface area contributed by atoms with Crippen molar-refractivity contribution in [1.82, 2.24) is 28.9 Å². The maximum atomic E-state index is 16.0. The van der Waals surface area contributed by atoms with E-state index in [1.165, 1.54) is 32.8 Å². The molecule has 0 atom stereocenters. The summed E-state index contributed by atoms with van der Waals surface area (Å²) in [5, 5.41) is 3.17. The molecule has 0 radical (unpaired) electrons. The molecule has 1 saturated carbocycles. The summed E-state index contributed by atoms with van der Waals surface area (Å²) in [7, 11) is 5.31. The SMILES string of the molecule is COC(=O)CCCC1(CCN2CCc3c(nc(C(=O)Nc4cccc(-c5cccc(/C=C(\F)c6nc7c(n6C)CCN(C(C)C)C7)c5C)c4C)n3C)C2)CCCC1. The van der Waals surface area contributed by atoms with Crippen LogP contribution in [-0.4, -0.2) is 73.6 Å². The predicted octanol–water partition coefficient (Wildman–Crippen LogP) is 8.58. The molecule has 3 aliphatic rings. The van der Waals surface area contributed by atoms with Crippen molar-refractivity contribution in [3.05, 3.63) is 87.5 Å². The number of methoxy groups -OCH3 is 1. The first-order chi connectivity index (χ1) is 27.4. The number of ether oxygens (including phenoxy) is 1. The number of anilines is 1. The third-order valence-corrected chi connectivity index (χ3v) is 13.2. The number of hydrogen-bond donors (Lipinski definition) is 1. The average Bonchev–Trinajstić information content (AvgIpc) is 3.91. The molecule has 11 heteroatoms. The van der Waals surface area contributed by atoms with Crippen molar-refractivity contribution in [3.63, 3.8) is 0 Å². The van der Waals surface area contributed by atoms with Crippen molar-refractivity contribution in [1.29, 1.82) is 0 Å². The summed E-state index contributed by atoms with van der Waals surface area (Å²) in [5.41, 5.74) is 9.79. The van der Waals surface area contributed by atoms with Gasteiger partial charge in [-0.1, -0.05) is 43.2 Å². The molecule has 0 unspecified atom stereocenters. The maximum Gasteiger partial charge on any atom is 0.305 e. The summed E-state index contributed by atoms with van der Waals surface area (Å²) in [6.45, 7) is 12.7. The standard InChI is InChI=1S/C46H60FN7O3/c1-30(2)54-25-19-41-39(29-54)48-43(51(41)5)36(47)27-33-13-10-14-34(31(33)3)35-15-11-16-37(32(35)4)50-45(56)44-49-38-28-53(24-18-40(38)52(44)6)26-23-46(20-8-9-21-46)22-12-17-42(55)57-7/h10-11,13-16,27,30H,8-9,12,17-26,28-29H2,1-7H3,(H,50,56)/b36-27-. The van der Waals surface area contributed by atoms with E-state index in [0.29, 0.717) is 29.5 Å². The minimum absolute atomic E-state index is 0.121. The number of halogens is 1. The summed E-state index contributed by atoms with van der Waals surface area (Å²) in [5.74, 6) is 0.0603. The van der Waals surface area contributed by atoms with Crippen molar-refractivity contribution in [3.8, 4) is 11.1 Å². The Labute approximate surface area is 337 Å². The molecule has 1 aliphatic carbocycles. The van der Waals surface area contributed by atoms with Gasteiger partial charge in [0, 0.05) is 82.7 Å². The van der Waals surface area contributed by atoms with Crippen LogP contribution in [0.1, 0.15) is 121 Å². The molecule has 4 aromatic rings. The molecule has 57 heavy (non-hydrogen) atoms. The molecule has 4 heterocycles. The number of carbonyl (C=O) groups is 2. The molecule has 0 spiro atoms. The minimum atomic E-state index is -0.355. The third kappa shape index (κ3) is 8.51. The van der Waals surface area contributed by atoms with Crippen LogP contribution in [0.25, 0.3) is 23.0 Å².